The second-order valence-electron chi connectivity index (χ2n) is 6.98. The fourth-order valence-corrected chi connectivity index (χ4v) is 3.43. The van der Waals surface area contributed by atoms with Crippen LogP contribution in [-0.4, -0.2) is 44.6 Å². The first kappa shape index (κ1) is 13.9. The Hall–Kier alpha value is -1.69. The molecule has 1 amide bonds. The first-order valence-electron chi connectivity index (χ1n) is 8.18. The van der Waals surface area contributed by atoms with Gasteiger partial charge in [0.15, 0.2) is 0 Å². The number of carbonyl (C=O) groups is 1. The molecule has 2 saturated carbocycles. The Balaban J connectivity index is 1.52. The van der Waals surface area contributed by atoms with E-state index in [1.807, 2.05) is 0 Å². The lowest BCUT2D eigenvalue weighted by Gasteiger charge is -2.35. The van der Waals surface area contributed by atoms with Gasteiger partial charge in [-0.3, -0.25) is 9.59 Å². The lowest BCUT2D eigenvalue weighted by Crippen LogP contribution is -2.45. The third kappa shape index (κ3) is 2.45. The number of amides is 1. The number of rotatable bonds is 3. The van der Waals surface area contributed by atoms with Crippen LogP contribution in [0.4, 0.5) is 0 Å². The van der Waals surface area contributed by atoms with Crippen molar-refractivity contribution in [2.24, 2.45) is 5.92 Å². The fraction of sp³-hybridized carbons (Fsp3) is 0.688. The summed E-state index contributed by atoms with van der Waals surface area (Å²) in [5, 5.41) is 10.3. The molecule has 1 unspecified atom stereocenters. The highest BCUT2D eigenvalue weighted by atomic mass is 16.3. The van der Waals surface area contributed by atoms with Gasteiger partial charge in [-0.2, -0.15) is 0 Å². The van der Waals surface area contributed by atoms with E-state index in [0.29, 0.717) is 24.8 Å². The zero-order chi connectivity index (χ0) is 15.3. The van der Waals surface area contributed by atoms with Crippen molar-refractivity contribution in [3.05, 3.63) is 27.9 Å². The SMILES string of the molecule is O=C(c1cnc(C2CC2)[nH]c1=O)N1CCCC(C2(O)CC2)C1. The van der Waals surface area contributed by atoms with Gasteiger partial charge in [0.25, 0.3) is 11.5 Å². The highest BCUT2D eigenvalue weighted by Gasteiger charge is 2.49. The van der Waals surface area contributed by atoms with Crippen molar-refractivity contribution in [3.8, 4) is 0 Å². The Morgan fingerprint density at radius 2 is 2.14 bits per heavy atom. The normalized spacial score (nSPS) is 26.8. The van der Waals surface area contributed by atoms with Crippen molar-refractivity contribution in [3.63, 3.8) is 0 Å². The standard InChI is InChI=1S/C16H21N3O3/c20-14-12(8-17-13(18-14)10-3-4-10)15(21)19-7-1-2-11(9-19)16(22)5-6-16/h8,10-11,22H,1-7,9H2,(H,17,18,20). The number of likely N-dealkylation sites (tertiary alicyclic amines) is 1. The molecule has 2 heterocycles. The van der Waals surface area contributed by atoms with Crippen LogP contribution in [0.1, 0.15) is 60.6 Å². The van der Waals surface area contributed by atoms with Crippen LogP contribution in [0.25, 0.3) is 0 Å². The van der Waals surface area contributed by atoms with Crippen LogP contribution in [0.3, 0.4) is 0 Å². The molecule has 3 fully saturated rings. The van der Waals surface area contributed by atoms with E-state index >= 15 is 0 Å². The zero-order valence-corrected chi connectivity index (χ0v) is 12.5. The quantitative estimate of drug-likeness (QED) is 0.873. The van der Waals surface area contributed by atoms with Crippen molar-refractivity contribution in [2.75, 3.05) is 13.1 Å². The Morgan fingerprint density at radius 1 is 1.36 bits per heavy atom. The number of hydrogen-bond donors (Lipinski definition) is 2. The van der Waals surface area contributed by atoms with Crippen molar-refractivity contribution >= 4 is 5.91 Å². The van der Waals surface area contributed by atoms with Gasteiger partial charge in [-0.15, -0.1) is 0 Å². The van der Waals surface area contributed by atoms with E-state index in [-0.39, 0.29) is 22.9 Å². The average Bonchev–Trinajstić information content (AvgIpc) is 3.42. The summed E-state index contributed by atoms with van der Waals surface area (Å²) in [7, 11) is 0. The monoisotopic (exact) mass is 303 g/mol. The Morgan fingerprint density at radius 3 is 2.77 bits per heavy atom. The van der Waals surface area contributed by atoms with E-state index in [2.05, 4.69) is 9.97 Å². The van der Waals surface area contributed by atoms with Crippen LogP contribution in [0.15, 0.2) is 11.0 Å². The summed E-state index contributed by atoms with van der Waals surface area (Å²) in [4.78, 5) is 33.4. The van der Waals surface area contributed by atoms with Crippen LogP contribution < -0.4 is 5.56 Å². The maximum atomic E-state index is 12.6. The molecular formula is C16H21N3O3. The number of aliphatic hydroxyl groups is 1. The zero-order valence-electron chi connectivity index (χ0n) is 12.5. The molecule has 0 bridgehead atoms. The second-order valence-corrected chi connectivity index (χ2v) is 6.98. The highest BCUT2D eigenvalue weighted by molar-refractivity contribution is 5.93. The molecule has 4 rings (SSSR count). The molecule has 1 aromatic rings. The molecule has 0 aromatic carbocycles. The first-order valence-corrected chi connectivity index (χ1v) is 8.18. The lowest BCUT2D eigenvalue weighted by atomic mass is 9.90. The van der Waals surface area contributed by atoms with E-state index < -0.39 is 5.60 Å². The summed E-state index contributed by atoms with van der Waals surface area (Å²) in [5.74, 6) is 0.943. The Bertz CT molecular complexity index is 661. The maximum Gasteiger partial charge on any atom is 0.263 e. The number of aromatic nitrogens is 2. The summed E-state index contributed by atoms with van der Waals surface area (Å²) in [5.41, 5.74) is -0.790. The third-order valence-corrected chi connectivity index (χ3v) is 5.24. The molecule has 1 aromatic heterocycles. The predicted molar refractivity (Wildman–Crippen MR) is 79.6 cm³/mol. The minimum Gasteiger partial charge on any atom is -0.390 e. The van der Waals surface area contributed by atoms with E-state index in [9.17, 15) is 14.7 Å². The van der Waals surface area contributed by atoms with E-state index in [4.69, 9.17) is 0 Å². The molecule has 6 heteroatoms. The number of piperidine rings is 1. The molecule has 1 atom stereocenters. The van der Waals surface area contributed by atoms with Crippen molar-refractivity contribution < 1.29 is 9.90 Å². The summed E-state index contributed by atoms with van der Waals surface area (Å²) in [6.45, 7) is 1.19. The molecule has 3 aliphatic rings. The molecule has 6 nitrogen and oxygen atoms in total. The van der Waals surface area contributed by atoms with Gasteiger partial charge in [-0.1, -0.05) is 0 Å². The van der Waals surface area contributed by atoms with Gasteiger partial charge < -0.3 is 15.0 Å². The summed E-state index contributed by atoms with van der Waals surface area (Å²) in [6.07, 6.45) is 7.03. The van der Waals surface area contributed by atoms with E-state index in [0.717, 1.165) is 38.5 Å². The minimum absolute atomic E-state index is 0.118. The summed E-state index contributed by atoms with van der Waals surface area (Å²) >= 11 is 0. The van der Waals surface area contributed by atoms with Crippen LogP contribution >= 0.6 is 0 Å². The maximum absolute atomic E-state index is 12.6. The minimum atomic E-state index is -0.570. The first-order chi connectivity index (χ1) is 10.6. The summed E-state index contributed by atoms with van der Waals surface area (Å²) < 4.78 is 0. The molecule has 118 valence electrons. The average molecular weight is 303 g/mol. The molecule has 0 radical (unpaired) electrons. The van der Waals surface area contributed by atoms with Crippen LogP contribution in [0.2, 0.25) is 0 Å². The number of nitrogens with zero attached hydrogens (tertiary/aromatic N) is 2. The molecule has 22 heavy (non-hydrogen) atoms. The molecule has 1 aliphatic heterocycles. The Labute approximate surface area is 128 Å². The van der Waals surface area contributed by atoms with Gasteiger partial charge in [0.1, 0.15) is 11.4 Å². The van der Waals surface area contributed by atoms with Gasteiger partial charge in [0.2, 0.25) is 0 Å². The van der Waals surface area contributed by atoms with E-state index in [1.165, 1.54) is 6.20 Å². The van der Waals surface area contributed by atoms with Gasteiger partial charge in [-0.05, 0) is 38.5 Å². The number of carbonyl (C=O) groups excluding carboxylic acids is 1. The van der Waals surface area contributed by atoms with Crippen LogP contribution in [-0.2, 0) is 0 Å². The topological polar surface area (TPSA) is 86.3 Å². The van der Waals surface area contributed by atoms with Gasteiger partial charge in [-0.25, -0.2) is 4.98 Å². The fourth-order valence-electron chi connectivity index (χ4n) is 3.43. The number of H-pyrrole nitrogens is 1. The third-order valence-electron chi connectivity index (χ3n) is 5.24. The van der Waals surface area contributed by atoms with Crippen molar-refractivity contribution in [1.29, 1.82) is 0 Å². The molecule has 0 spiro atoms. The molecule has 2 N–H and O–H groups in total. The molecule has 2 aliphatic carbocycles. The van der Waals surface area contributed by atoms with Crippen LogP contribution in [0.5, 0.6) is 0 Å². The predicted octanol–water partition coefficient (Wildman–Crippen LogP) is 1.02. The van der Waals surface area contributed by atoms with Crippen molar-refractivity contribution in [2.45, 2.75) is 50.0 Å². The van der Waals surface area contributed by atoms with Crippen LogP contribution in [0, 0.1) is 5.92 Å². The van der Waals surface area contributed by atoms with Gasteiger partial charge >= 0.3 is 0 Å². The van der Waals surface area contributed by atoms with Gasteiger partial charge in [0, 0.05) is 31.1 Å². The summed E-state index contributed by atoms with van der Waals surface area (Å²) in [6, 6.07) is 0. The second kappa shape index (κ2) is 4.91. The molecular weight excluding hydrogens is 282 g/mol. The lowest BCUT2D eigenvalue weighted by molar-refractivity contribution is 0.0281. The number of hydrogen-bond acceptors (Lipinski definition) is 4. The van der Waals surface area contributed by atoms with E-state index in [1.54, 1.807) is 4.90 Å². The van der Waals surface area contributed by atoms with Crippen molar-refractivity contribution in [1.82, 2.24) is 14.9 Å². The number of aromatic amines is 1. The molecule has 1 saturated heterocycles. The Kier molecular flexibility index (Phi) is 3.11. The largest absolute Gasteiger partial charge is 0.390 e. The number of nitrogens with one attached hydrogen (secondary N) is 1. The smallest absolute Gasteiger partial charge is 0.263 e. The van der Waals surface area contributed by atoms with Gasteiger partial charge in [0.05, 0.1) is 5.60 Å². The highest BCUT2D eigenvalue weighted by Crippen LogP contribution is 2.45.